The zero-order valence-electron chi connectivity index (χ0n) is 6.66. The summed E-state index contributed by atoms with van der Waals surface area (Å²) in [6, 6.07) is 6.95. The first kappa shape index (κ1) is 8.74. The van der Waals surface area contributed by atoms with Crippen LogP contribution in [0.25, 0.3) is 0 Å². The van der Waals surface area contributed by atoms with E-state index in [1.807, 2.05) is 6.07 Å². The van der Waals surface area contributed by atoms with Crippen LogP contribution in [-0.4, -0.2) is 17.6 Å². The molecule has 0 fully saturated rings. The standard InChI is InChI=1S/C9H11NO2/c10-9(12)8-3-1-2-7(6-8)4-5-11/h1-3,6,11H,4-5H2,(H2,10,12). The molecule has 0 bridgehead atoms. The monoisotopic (exact) mass is 165 g/mol. The van der Waals surface area contributed by atoms with Gasteiger partial charge in [0.25, 0.3) is 0 Å². The number of rotatable bonds is 3. The molecule has 64 valence electrons. The first-order chi connectivity index (χ1) is 5.74. The number of benzene rings is 1. The minimum Gasteiger partial charge on any atom is -0.396 e. The van der Waals surface area contributed by atoms with Crippen molar-refractivity contribution in [1.29, 1.82) is 0 Å². The normalized spacial score (nSPS) is 9.75. The maximum absolute atomic E-state index is 10.7. The summed E-state index contributed by atoms with van der Waals surface area (Å²) in [5.41, 5.74) is 6.49. The number of nitrogens with two attached hydrogens (primary N) is 1. The Bertz CT molecular complexity index is 284. The van der Waals surface area contributed by atoms with Gasteiger partial charge in [-0.2, -0.15) is 0 Å². The molecule has 3 nitrogen and oxygen atoms in total. The van der Waals surface area contributed by atoms with E-state index >= 15 is 0 Å². The summed E-state index contributed by atoms with van der Waals surface area (Å²) in [6.45, 7) is 0.0855. The molecule has 0 spiro atoms. The summed E-state index contributed by atoms with van der Waals surface area (Å²) in [5.74, 6) is -0.435. The Morgan fingerprint density at radius 3 is 2.83 bits per heavy atom. The maximum Gasteiger partial charge on any atom is 0.248 e. The van der Waals surface area contributed by atoms with E-state index in [4.69, 9.17) is 10.8 Å². The van der Waals surface area contributed by atoms with Crippen molar-refractivity contribution in [2.45, 2.75) is 6.42 Å². The third-order valence-corrected chi connectivity index (χ3v) is 1.61. The molecule has 0 atom stereocenters. The van der Waals surface area contributed by atoms with Crippen LogP contribution in [0.3, 0.4) is 0 Å². The second kappa shape index (κ2) is 3.88. The van der Waals surface area contributed by atoms with Gasteiger partial charge in [0.05, 0.1) is 0 Å². The molecule has 0 heterocycles. The van der Waals surface area contributed by atoms with Gasteiger partial charge in [0.1, 0.15) is 0 Å². The summed E-state index contributed by atoms with van der Waals surface area (Å²) in [4.78, 5) is 10.7. The number of primary amides is 1. The lowest BCUT2D eigenvalue weighted by Crippen LogP contribution is -2.11. The predicted molar refractivity (Wildman–Crippen MR) is 45.7 cm³/mol. The van der Waals surface area contributed by atoms with E-state index in [1.54, 1.807) is 18.2 Å². The van der Waals surface area contributed by atoms with E-state index in [9.17, 15) is 4.79 Å². The molecule has 3 N–H and O–H groups in total. The summed E-state index contributed by atoms with van der Waals surface area (Å²) in [7, 11) is 0. The third kappa shape index (κ3) is 2.07. The lowest BCUT2D eigenvalue weighted by molar-refractivity contribution is 0.1000. The van der Waals surface area contributed by atoms with Crippen LogP contribution in [0.2, 0.25) is 0 Å². The minimum atomic E-state index is -0.435. The Kier molecular flexibility index (Phi) is 2.82. The number of hydrogen-bond donors (Lipinski definition) is 2. The molecule has 0 unspecified atom stereocenters. The van der Waals surface area contributed by atoms with Gasteiger partial charge in [-0.3, -0.25) is 4.79 Å². The second-order valence-electron chi connectivity index (χ2n) is 2.54. The fourth-order valence-electron chi connectivity index (χ4n) is 1.01. The van der Waals surface area contributed by atoms with Crippen molar-refractivity contribution in [3.63, 3.8) is 0 Å². The fraction of sp³-hybridized carbons (Fsp3) is 0.222. The maximum atomic E-state index is 10.7. The molecule has 0 radical (unpaired) electrons. The Labute approximate surface area is 70.8 Å². The molecule has 0 saturated carbocycles. The molecule has 1 rings (SSSR count). The highest BCUT2D eigenvalue weighted by Gasteiger charge is 1.99. The SMILES string of the molecule is NC(=O)c1cccc(CCO)c1. The van der Waals surface area contributed by atoms with E-state index in [-0.39, 0.29) is 6.61 Å². The van der Waals surface area contributed by atoms with Gasteiger partial charge in [0.15, 0.2) is 0 Å². The fourth-order valence-corrected chi connectivity index (χ4v) is 1.01. The van der Waals surface area contributed by atoms with Gasteiger partial charge in [-0.1, -0.05) is 12.1 Å². The number of aliphatic hydroxyl groups excluding tert-OH is 1. The van der Waals surface area contributed by atoms with E-state index in [0.717, 1.165) is 5.56 Å². The van der Waals surface area contributed by atoms with E-state index < -0.39 is 5.91 Å². The molecule has 0 saturated heterocycles. The quantitative estimate of drug-likeness (QED) is 0.677. The van der Waals surface area contributed by atoms with Crippen molar-refractivity contribution in [1.82, 2.24) is 0 Å². The lowest BCUT2D eigenvalue weighted by atomic mass is 10.1. The van der Waals surface area contributed by atoms with Crippen molar-refractivity contribution >= 4 is 5.91 Å². The average molecular weight is 165 g/mol. The molecule has 12 heavy (non-hydrogen) atoms. The Morgan fingerprint density at radius 1 is 1.50 bits per heavy atom. The van der Waals surface area contributed by atoms with Crippen LogP contribution < -0.4 is 5.73 Å². The van der Waals surface area contributed by atoms with Crippen molar-refractivity contribution in [2.24, 2.45) is 5.73 Å². The highest BCUT2D eigenvalue weighted by atomic mass is 16.2. The molecular formula is C9H11NO2. The highest BCUT2D eigenvalue weighted by Crippen LogP contribution is 2.04. The smallest absolute Gasteiger partial charge is 0.248 e. The van der Waals surface area contributed by atoms with Gasteiger partial charge in [0.2, 0.25) is 5.91 Å². The van der Waals surface area contributed by atoms with Crippen LogP contribution in [0.5, 0.6) is 0 Å². The number of aliphatic hydroxyl groups is 1. The molecule has 0 aromatic heterocycles. The van der Waals surface area contributed by atoms with Gasteiger partial charge in [-0.15, -0.1) is 0 Å². The number of hydrogen-bond acceptors (Lipinski definition) is 2. The Balaban J connectivity index is 2.88. The van der Waals surface area contributed by atoms with Crippen LogP contribution >= 0.6 is 0 Å². The molecule has 3 heteroatoms. The largest absolute Gasteiger partial charge is 0.396 e. The molecule has 1 amide bonds. The number of amides is 1. The molecule has 1 aromatic carbocycles. The Morgan fingerprint density at radius 2 is 2.25 bits per heavy atom. The molecule has 0 aliphatic heterocycles. The van der Waals surface area contributed by atoms with Crippen molar-refractivity contribution in [2.75, 3.05) is 6.61 Å². The van der Waals surface area contributed by atoms with Crippen LogP contribution in [0, 0.1) is 0 Å². The van der Waals surface area contributed by atoms with Crippen molar-refractivity contribution in [3.8, 4) is 0 Å². The van der Waals surface area contributed by atoms with Crippen molar-refractivity contribution in [3.05, 3.63) is 35.4 Å². The Hall–Kier alpha value is -1.35. The summed E-state index contributed by atoms with van der Waals surface area (Å²) in [6.07, 6.45) is 0.557. The van der Waals surface area contributed by atoms with Crippen LogP contribution in [-0.2, 0) is 6.42 Å². The first-order valence-electron chi connectivity index (χ1n) is 3.73. The summed E-state index contributed by atoms with van der Waals surface area (Å²) >= 11 is 0. The second-order valence-corrected chi connectivity index (χ2v) is 2.54. The minimum absolute atomic E-state index is 0.0855. The van der Waals surface area contributed by atoms with Gasteiger partial charge in [-0.25, -0.2) is 0 Å². The lowest BCUT2D eigenvalue weighted by Gasteiger charge is -1.99. The van der Waals surface area contributed by atoms with Crippen LogP contribution in [0.4, 0.5) is 0 Å². The zero-order chi connectivity index (χ0) is 8.97. The van der Waals surface area contributed by atoms with Gasteiger partial charge < -0.3 is 10.8 Å². The van der Waals surface area contributed by atoms with E-state index in [1.165, 1.54) is 0 Å². The van der Waals surface area contributed by atoms with Gasteiger partial charge >= 0.3 is 0 Å². The first-order valence-corrected chi connectivity index (χ1v) is 3.73. The molecular weight excluding hydrogens is 154 g/mol. The van der Waals surface area contributed by atoms with Gasteiger partial charge in [-0.05, 0) is 24.1 Å². The molecule has 0 aliphatic rings. The topological polar surface area (TPSA) is 63.3 Å². The number of carbonyl (C=O) groups is 1. The average Bonchev–Trinajstić information content (AvgIpc) is 2.05. The molecule has 0 aliphatic carbocycles. The molecule has 1 aromatic rings. The third-order valence-electron chi connectivity index (χ3n) is 1.61. The number of carbonyl (C=O) groups excluding carboxylic acids is 1. The highest BCUT2D eigenvalue weighted by molar-refractivity contribution is 5.92. The van der Waals surface area contributed by atoms with E-state index in [0.29, 0.717) is 12.0 Å². The van der Waals surface area contributed by atoms with E-state index in [2.05, 4.69) is 0 Å². The summed E-state index contributed by atoms with van der Waals surface area (Å²) in [5, 5.41) is 8.63. The van der Waals surface area contributed by atoms with Crippen LogP contribution in [0.15, 0.2) is 24.3 Å². The zero-order valence-corrected chi connectivity index (χ0v) is 6.66. The van der Waals surface area contributed by atoms with Crippen LogP contribution in [0.1, 0.15) is 15.9 Å². The predicted octanol–water partition coefficient (Wildman–Crippen LogP) is 0.320. The van der Waals surface area contributed by atoms with Gasteiger partial charge in [0, 0.05) is 12.2 Å². The summed E-state index contributed by atoms with van der Waals surface area (Å²) < 4.78 is 0. The van der Waals surface area contributed by atoms with Crippen molar-refractivity contribution < 1.29 is 9.90 Å².